The van der Waals surface area contributed by atoms with E-state index in [0.717, 1.165) is 22.2 Å². The van der Waals surface area contributed by atoms with E-state index in [9.17, 15) is 28.1 Å². The van der Waals surface area contributed by atoms with Gasteiger partial charge in [-0.15, -0.1) is 0 Å². The lowest BCUT2D eigenvalue weighted by atomic mass is 10.0. The highest BCUT2D eigenvalue weighted by atomic mass is 35.5. The fourth-order valence-corrected chi connectivity index (χ4v) is 5.36. The van der Waals surface area contributed by atoms with Crippen LogP contribution in [0.25, 0.3) is 0 Å². The van der Waals surface area contributed by atoms with E-state index >= 15 is 0 Å². The van der Waals surface area contributed by atoms with Crippen molar-refractivity contribution in [3.63, 3.8) is 0 Å². The van der Waals surface area contributed by atoms with Gasteiger partial charge in [-0.2, -0.15) is 0 Å². The maximum Gasteiger partial charge on any atom is 0.271 e. The number of carbonyl (C=O) groups excluding carboxylic acids is 2. The van der Waals surface area contributed by atoms with Crippen LogP contribution in [0.2, 0.25) is 5.02 Å². The number of amides is 2. The van der Waals surface area contributed by atoms with Crippen LogP contribution in [0.1, 0.15) is 30.5 Å². The van der Waals surface area contributed by atoms with Gasteiger partial charge in [-0.3, -0.25) is 24.0 Å². The molecule has 0 fully saturated rings. The molecule has 0 aromatic heterocycles. The highest BCUT2D eigenvalue weighted by Crippen LogP contribution is 2.28. The first-order valence-electron chi connectivity index (χ1n) is 13.3. The maximum atomic E-state index is 14.1. The van der Waals surface area contributed by atoms with E-state index in [-0.39, 0.29) is 36.2 Å². The van der Waals surface area contributed by atoms with E-state index in [1.165, 1.54) is 17.0 Å². The molecule has 0 heterocycles. The predicted octanol–water partition coefficient (Wildman–Crippen LogP) is 4.73. The van der Waals surface area contributed by atoms with Gasteiger partial charge in [0.15, 0.2) is 0 Å². The Bertz CT molecular complexity index is 1510. The lowest BCUT2D eigenvalue weighted by Crippen LogP contribution is -2.53. The summed E-state index contributed by atoms with van der Waals surface area (Å²) in [5, 5.41) is 14.9. The molecule has 0 bridgehead atoms. The number of nitrogens with one attached hydrogen (secondary N) is 1. The van der Waals surface area contributed by atoms with Crippen LogP contribution in [0.4, 0.5) is 11.4 Å². The molecular formula is C30H35ClN4O6S. The zero-order chi connectivity index (χ0) is 31.0. The van der Waals surface area contributed by atoms with Gasteiger partial charge in [0.2, 0.25) is 21.8 Å². The van der Waals surface area contributed by atoms with Crippen LogP contribution in [-0.4, -0.2) is 55.4 Å². The number of benzene rings is 3. The number of rotatable bonds is 13. The number of hydrogen-bond donors (Lipinski definition) is 1. The monoisotopic (exact) mass is 614 g/mol. The summed E-state index contributed by atoms with van der Waals surface area (Å²) in [5.41, 5.74) is 1.61. The van der Waals surface area contributed by atoms with E-state index in [4.69, 9.17) is 11.6 Å². The minimum absolute atomic E-state index is 0.00583. The molecule has 42 heavy (non-hydrogen) atoms. The number of nitrogens with zero attached hydrogens (tertiary/aromatic N) is 3. The van der Waals surface area contributed by atoms with Crippen molar-refractivity contribution in [2.75, 3.05) is 23.7 Å². The van der Waals surface area contributed by atoms with E-state index < -0.39 is 33.4 Å². The summed E-state index contributed by atoms with van der Waals surface area (Å²) in [6, 6.07) is 18.8. The standard InChI is InChI=1S/C30H35ClN4O6S/c1-21(2)18-32-30(37)28(16-23-8-6-5-7-9-23)33(19-24-11-13-25(31)14-12-24)29(36)20-34(42(4,40)41)27-17-26(35(38)39)15-10-22(27)3/h5-15,17,21,28H,16,18-20H2,1-4H3,(H,32,37)/t28-/m1/s1. The van der Waals surface area contributed by atoms with Gasteiger partial charge in [0, 0.05) is 36.7 Å². The van der Waals surface area contributed by atoms with Crippen molar-refractivity contribution in [2.24, 2.45) is 5.92 Å². The highest BCUT2D eigenvalue weighted by Gasteiger charge is 2.33. The summed E-state index contributed by atoms with van der Waals surface area (Å²) >= 11 is 6.07. The van der Waals surface area contributed by atoms with Gasteiger partial charge in [0.1, 0.15) is 12.6 Å². The van der Waals surface area contributed by atoms with Gasteiger partial charge in [-0.25, -0.2) is 8.42 Å². The van der Waals surface area contributed by atoms with Crippen molar-refractivity contribution in [2.45, 2.75) is 39.8 Å². The van der Waals surface area contributed by atoms with Crippen LogP contribution in [0, 0.1) is 23.0 Å². The van der Waals surface area contributed by atoms with Crippen molar-refractivity contribution >= 4 is 44.8 Å². The summed E-state index contributed by atoms with van der Waals surface area (Å²) in [6.07, 6.45) is 1.11. The number of aryl methyl sites for hydroxylation is 1. The Morgan fingerprint density at radius 2 is 1.64 bits per heavy atom. The third-order valence-electron chi connectivity index (χ3n) is 6.57. The van der Waals surface area contributed by atoms with Crippen molar-refractivity contribution < 1.29 is 22.9 Å². The largest absolute Gasteiger partial charge is 0.354 e. The molecule has 0 aliphatic carbocycles. The van der Waals surface area contributed by atoms with Crippen molar-refractivity contribution in [3.8, 4) is 0 Å². The minimum Gasteiger partial charge on any atom is -0.354 e. The minimum atomic E-state index is -4.07. The first-order chi connectivity index (χ1) is 19.8. The molecule has 2 amide bonds. The number of halogens is 1. The molecule has 224 valence electrons. The Hall–Kier alpha value is -3.96. The summed E-state index contributed by atoms with van der Waals surface area (Å²) < 4.78 is 26.8. The molecule has 0 spiro atoms. The third-order valence-corrected chi connectivity index (χ3v) is 7.95. The zero-order valence-electron chi connectivity index (χ0n) is 24.0. The highest BCUT2D eigenvalue weighted by molar-refractivity contribution is 7.92. The van der Waals surface area contributed by atoms with Crippen molar-refractivity contribution in [3.05, 3.63) is 105 Å². The zero-order valence-corrected chi connectivity index (χ0v) is 25.6. The number of sulfonamides is 1. The quantitative estimate of drug-likeness (QED) is 0.219. The molecule has 3 aromatic carbocycles. The van der Waals surface area contributed by atoms with Gasteiger partial charge < -0.3 is 10.2 Å². The van der Waals surface area contributed by atoms with Crippen LogP contribution in [0.15, 0.2) is 72.8 Å². The van der Waals surface area contributed by atoms with Gasteiger partial charge in [0.05, 0.1) is 16.9 Å². The lowest BCUT2D eigenvalue weighted by molar-refractivity contribution is -0.384. The molecule has 12 heteroatoms. The van der Waals surface area contributed by atoms with E-state index in [1.807, 2.05) is 44.2 Å². The second-order valence-corrected chi connectivity index (χ2v) is 12.8. The summed E-state index contributed by atoms with van der Waals surface area (Å²) in [7, 11) is -4.07. The van der Waals surface area contributed by atoms with Crippen LogP contribution >= 0.6 is 11.6 Å². The van der Waals surface area contributed by atoms with Crippen molar-refractivity contribution in [1.82, 2.24) is 10.2 Å². The van der Waals surface area contributed by atoms with Gasteiger partial charge >= 0.3 is 0 Å². The van der Waals surface area contributed by atoms with E-state index in [2.05, 4.69) is 5.32 Å². The summed E-state index contributed by atoms with van der Waals surface area (Å²) in [6.45, 7) is 5.22. The Balaban J connectivity index is 2.09. The van der Waals surface area contributed by atoms with Gasteiger partial charge in [-0.05, 0) is 41.7 Å². The van der Waals surface area contributed by atoms with Crippen LogP contribution < -0.4 is 9.62 Å². The molecule has 10 nitrogen and oxygen atoms in total. The fourth-order valence-electron chi connectivity index (χ4n) is 4.34. The van der Waals surface area contributed by atoms with E-state index in [1.54, 1.807) is 31.2 Å². The number of nitro benzene ring substituents is 1. The van der Waals surface area contributed by atoms with Crippen LogP contribution in [0.3, 0.4) is 0 Å². The Labute approximate surface area is 251 Å². The molecule has 3 aromatic rings. The third kappa shape index (κ3) is 9.02. The number of anilines is 1. The molecular weight excluding hydrogens is 580 g/mol. The van der Waals surface area contributed by atoms with E-state index in [0.29, 0.717) is 22.7 Å². The first kappa shape index (κ1) is 32.6. The molecule has 0 saturated heterocycles. The fraction of sp³-hybridized carbons (Fsp3) is 0.333. The molecule has 0 aliphatic rings. The van der Waals surface area contributed by atoms with Crippen LogP contribution in [-0.2, 0) is 32.6 Å². The predicted molar refractivity (Wildman–Crippen MR) is 164 cm³/mol. The molecule has 3 rings (SSSR count). The summed E-state index contributed by atoms with van der Waals surface area (Å²) in [5.74, 6) is -0.876. The molecule has 1 atom stereocenters. The maximum absolute atomic E-state index is 14.1. The van der Waals surface area contributed by atoms with Gasteiger partial charge in [0.25, 0.3) is 5.69 Å². The second kappa shape index (κ2) is 14.3. The topological polar surface area (TPSA) is 130 Å². The average molecular weight is 615 g/mol. The lowest BCUT2D eigenvalue weighted by Gasteiger charge is -2.34. The Morgan fingerprint density at radius 1 is 1.00 bits per heavy atom. The molecule has 0 unspecified atom stereocenters. The SMILES string of the molecule is Cc1ccc([N+](=O)[O-])cc1N(CC(=O)N(Cc1ccc(Cl)cc1)[C@H](Cc1ccccc1)C(=O)NCC(C)C)S(C)(=O)=O. The first-order valence-corrected chi connectivity index (χ1v) is 15.6. The number of non-ortho nitro benzene ring substituents is 1. The molecule has 0 saturated carbocycles. The summed E-state index contributed by atoms with van der Waals surface area (Å²) in [4.78, 5) is 39.9. The smallest absolute Gasteiger partial charge is 0.271 e. The average Bonchev–Trinajstić information content (AvgIpc) is 2.93. The Kier molecular flexibility index (Phi) is 11.1. The number of nitro groups is 1. The molecule has 1 N–H and O–H groups in total. The second-order valence-electron chi connectivity index (χ2n) is 10.5. The Morgan fingerprint density at radius 3 is 2.21 bits per heavy atom. The molecule has 0 radical (unpaired) electrons. The normalized spacial score (nSPS) is 12.0. The molecule has 0 aliphatic heterocycles. The number of carbonyl (C=O) groups is 2. The van der Waals surface area contributed by atoms with Crippen molar-refractivity contribution in [1.29, 1.82) is 0 Å². The number of hydrogen-bond acceptors (Lipinski definition) is 6. The van der Waals surface area contributed by atoms with Gasteiger partial charge in [-0.1, -0.05) is 74.0 Å². The van der Waals surface area contributed by atoms with Crippen LogP contribution in [0.5, 0.6) is 0 Å².